The number of benzene rings is 2. The maximum absolute atomic E-state index is 12.4. The summed E-state index contributed by atoms with van der Waals surface area (Å²) in [6.07, 6.45) is 0. The van der Waals surface area contributed by atoms with Gasteiger partial charge in [0, 0.05) is 18.3 Å². The van der Waals surface area contributed by atoms with E-state index in [1.807, 2.05) is 26.0 Å². The van der Waals surface area contributed by atoms with Crippen molar-refractivity contribution in [2.75, 3.05) is 19.5 Å². The molecule has 0 unspecified atom stereocenters. The summed E-state index contributed by atoms with van der Waals surface area (Å²) in [7, 11) is -1.12. The molecule has 2 aromatic carbocycles. The van der Waals surface area contributed by atoms with Gasteiger partial charge in [0.2, 0.25) is 0 Å². The quantitative estimate of drug-likeness (QED) is 0.843. The Morgan fingerprint density at radius 2 is 1.71 bits per heavy atom. The molecule has 2 rings (SSSR count). The number of nitrogens with zero attached hydrogens (tertiary/aromatic N) is 1. The Kier molecular flexibility index (Phi) is 5.38. The van der Waals surface area contributed by atoms with Crippen LogP contribution in [0.3, 0.4) is 0 Å². The van der Waals surface area contributed by atoms with Gasteiger partial charge in [0.25, 0.3) is 15.9 Å². The Labute approximate surface area is 142 Å². The smallest absolute Gasteiger partial charge is 0.264 e. The Morgan fingerprint density at radius 1 is 1.08 bits per heavy atom. The van der Waals surface area contributed by atoms with Crippen LogP contribution in [0.2, 0.25) is 0 Å². The molecule has 0 saturated carbocycles. The van der Waals surface area contributed by atoms with Crippen LogP contribution in [-0.2, 0) is 14.9 Å². The number of amides is 1. The summed E-state index contributed by atoms with van der Waals surface area (Å²) in [5.74, 6) is -0.235. The maximum atomic E-state index is 12.4. The molecule has 0 radical (unpaired) electrons. The number of anilines is 1. The number of hydrogen-bond acceptors (Lipinski definition) is 4. The Bertz CT molecular complexity index is 845. The van der Waals surface area contributed by atoms with E-state index in [1.165, 1.54) is 26.3 Å². The largest absolute Gasteiger partial charge is 0.322 e. The first-order valence-corrected chi connectivity index (χ1v) is 8.72. The summed E-state index contributed by atoms with van der Waals surface area (Å²) in [5, 5.41) is 2.77. The molecule has 0 aliphatic rings. The van der Waals surface area contributed by atoms with E-state index in [-0.39, 0.29) is 10.8 Å². The van der Waals surface area contributed by atoms with E-state index < -0.39 is 10.0 Å². The van der Waals surface area contributed by atoms with Crippen molar-refractivity contribution in [1.29, 1.82) is 0 Å². The van der Waals surface area contributed by atoms with Crippen molar-refractivity contribution in [2.45, 2.75) is 18.7 Å². The van der Waals surface area contributed by atoms with E-state index in [4.69, 9.17) is 4.84 Å². The van der Waals surface area contributed by atoms with Gasteiger partial charge in [-0.15, -0.1) is 0 Å². The van der Waals surface area contributed by atoms with Crippen LogP contribution >= 0.6 is 0 Å². The van der Waals surface area contributed by atoms with Gasteiger partial charge in [-0.3, -0.25) is 9.63 Å². The van der Waals surface area contributed by atoms with Crippen LogP contribution in [-0.4, -0.2) is 33.0 Å². The average Bonchev–Trinajstić information content (AvgIpc) is 2.56. The van der Waals surface area contributed by atoms with Crippen LogP contribution in [0.5, 0.6) is 0 Å². The number of hydrogen-bond donors (Lipinski definition) is 1. The predicted octanol–water partition coefficient (Wildman–Crippen LogP) is 2.74. The van der Waals surface area contributed by atoms with Crippen LogP contribution in [0.4, 0.5) is 5.69 Å². The van der Waals surface area contributed by atoms with Gasteiger partial charge in [-0.1, -0.05) is 16.6 Å². The summed E-state index contributed by atoms with van der Waals surface area (Å²) in [5.41, 5.74) is 3.05. The van der Waals surface area contributed by atoms with Crippen molar-refractivity contribution in [2.24, 2.45) is 0 Å². The summed E-state index contributed by atoms with van der Waals surface area (Å²) in [4.78, 5) is 17.2. The lowest BCUT2D eigenvalue weighted by Crippen LogP contribution is -2.25. The minimum atomic E-state index is -3.70. The summed E-state index contributed by atoms with van der Waals surface area (Å²) in [6, 6.07) is 11.4. The minimum Gasteiger partial charge on any atom is -0.322 e. The molecule has 0 heterocycles. The lowest BCUT2D eigenvalue weighted by atomic mass is 10.0. The second-order valence-corrected chi connectivity index (χ2v) is 7.26. The van der Waals surface area contributed by atoms with Gasteiger partial charge < -0.3 is 5.32 Å². The van der Waals surface area contributed by atoms with Crippen molar-refractivity contribution in [1.82, 2.24) is 4.47 Å². The molecule has 0 bridgehead atoms. The fourth-order valence-electron chi connectivity index (χ4n) is 2.15. The highest BCUT2D eigenvalue weighted by molar-refractivity contribution is 7.89. The molecule has 1 amide bonds. The lowest BCUT2D eigenvalue weighted by molar-refractivity contribution is -0.0258. The third kappa shape index (κ3) is 3.64. The van der Waals surface area contributed by atoms with E-state index in [9.17, 15) is 13.2 Å². The number of rotatable bonds is 5. The molecule has 0 saturated heterocycles. The topological polar surface area (TPSA) is 75.7 Å². The third-order valence-electron chi connectivity index (χ3n) is 3.85. The standard InChI is InChI=1S/C17H20N2O4S/c1-12-6-5-7-16(13(12)2)17(20)18-14-8-10-15(11-9-14)24(21,22)19(3)23-4/h5-11H,1-4H3,(H,18,20). The van der Waals surface area contributed by atoms with Gasteiger partial charge in [-0.05, 0) is 55.3 Å². The van der Waals surface area contributed by atoms with Crippen LogP contribution in [0.1, 0.15) is 21.5 Å². The van der Waals surface area contributed by atoms with Gasteiger partial charge in [0.15, 0.2) is 0 Å². The van der Waals surface area contributed by atoms with Crippen molar-refractivity contribution in [3.63, 3.8) is 0 Å². The number of sulfonamides is 1. The van der Waals surface area contributed by atoms with Gasteiger partial charge in [0.1, 0.15) is 0 Å². The van der Waals surface area contributed by atoms with Gasteiger partial charge in [-0.2, -0.15) is 0 Å². The Morgan fingerprint density at radius 3 is 2.29 bits per heavy atom. The van der Waals surface area contributed by atoms with Crippen molar-refractivity contribution in [3.05, 3.63) is 59.2 Å². The highest BCUT2D eigenvalue weighted by Crippen LogP contribution is 2.19. The SMILES string of the molecule is CON(C)S(=O)(=O)c1ccc(NC(=O)c2cccc(C)c2C)cc1. The van der Waals surface area contributed by atoms with Crippen LogP contribution in [0.15, 0.2) is 47.4 Å². The highest BCUT2D eigenvalue weighted by atomic mass is 32.2. The summed E-state index contributed by atoms with van der Waals surface area (Å²) in [6.45, 7) is 3.83. The normalized spacial score (nSPS) is 11.5. The molecule has 24 heavy (non-hydrogen) atoms. The zero-order chi connectivity index (χ0) is 17.9. The number of nitrogens with one attached hydrogen (secondary N) is 1. The first-order valence-electron chi connectivity index (χ1n) is 7.28. The monoisotopic (exact) mass is 348 g/mol. The second kappa shape index (κ2) is 7.12. The number of carbonyl (C=O) groups excluding carboxylic acids is 1. The van der Waals surface area contributed by atoms with E-state index in [0.717, 1.165) is 15.6 Å². The van der Waals surface area contributed by atoms with Crippen molar-refractivity contribution < 1.29 is 18.0 Å². The average molecular weight is 348 g/mol. The number of aryl methyl sites for hydroxylation is 1. The fraction of sp³-hybridized carbons (Fsp3) is 0.235. The lowest BCUT2D eigenvalue weighted by Gasteiger charge is -2.14. The molecule has 128 valence electrons. The highest BCUT2D eigenvalue weighted by Gasteiger charge is 2.20. The molecule has 0 atom stereocenters. The fourth-order valence-corrected chi connectivity index (χ4v) is 3.13. The predicted molar refractivity (Wildman–Crippen MR) is 92.3 cm³/mol. The van der Waals surface area contributed by atoms with Gasteiger partial charge in [0.05, 0.1) is 12.0 Å². The van der Waals surface area contributed by atoms with Crippen LogP contribution in [0, 0.1) is 13.8 Å². The molecule has 0 aliphatic carbocycles. The van der Waals surface area contributed by atoms with Crippen molar-refractivity contribution in [3.8, 4) is 0 Å². The van der Waals surface area contributed by atoms with Gasteiger partial charge in [-0.25, -0.2) is 8.42 Å². The molecular weight excluding hydrogens is 328 g/mol. The number of hydroxylamine groups is 1. The van der Waals surface area contributed by atoms with Crippen LogP contribution in [0.25, 0.3) is 0 Å². The maximum Gasteiger partial charge on any atom is 0.264 e. The molecule has 0 fully saturated rings. The van der Waals surface area contributed by atoms with Crippen LogP contribution < -0.4 is 5.32 Å². The summed E-state index contributed by atoms with van der Waals surface area (Å²) < 4.78 is 25.0. The van der Waals surface area contributed by atoms with E-state index in [0.29, 0.717) is 11.3 Å². The first kappa shape index (κ1) is 18.1. The Balaban J connectivity index is 2.20. The molecule has 7 heteroatoms. The second-order valence-electron chi connectivity index (χ2n) is 5.32. The molecule has 6 nitrogen and oxygen atoms in total. The van der Waals surface area contributed by atoms with Gasteiger partial charge >= 0.3 is 0 Å². The zero-order valence-corrected chi connectivity index (χ0v) is 14.8. The zero-order valence-electron chi connectivity index (χ0n) is 14.0. The third-order valence-corrected chi connectivity index (χ3v) is 5.55. The van der Waals surface area contributed by atoms with Crippen molar-refractivity contribution >= 4 is 21.6 Å². The molecule has 1 N–H and O–H groups in total. The van der Waals surface area contributed by atoms with E-state index >= 15 is 0 Å². The number of carbonyl (C=O) groups is 1. The molecule has 0 spiro atoms. The Hall–Kier alpha value is -2.22. The molecule has 0 aliphatic heterocycles. The molecule has 0 aromatic heterocycles. The molecular formula is C17H20N2O4S. The minimum absolute atomic E-state index is 0.0802. The summed E-state index contributed by atoms with van der Waals surface area (Å²) >= 11 is 0. The first-order chi connectivity index (χ1) is 11.3. The van der Waals surface area contributed by atoms with E-state index in [2.05, 4.69) is 5.32 Å². The molecule has 2 aromatic rings. The van der Waals surface area contributed by atoms with E-state index in [1.54, 1.807) is 18.2 Å².